The van der Waals surface area contributed by atoms with Gasteiger partial charge in [-0.2, -0.15) is 0 Å². The van der Waals surface area contributed by atoms with Crippen LogP contribution in [0.4, 0.5) is 0 Å². The summed E-state index contributed by atoms with van der Waals surface area (Å²) >= 11 is 1.46. The van der Waals surface area contributed by atoms with Gasteiger partial charge in [0, 0.05) is 16.7 Å². The van der Waals surface area contributed by atoms with Crippen molar-refractivity contribution < 1.29 is 19.4 Å². The van der Waals surface area contributed by atoms with Crippen molar-refractivity contribution in [1.29, 1.82) is 0 Å². The third kappa shape index (κ3) is 3.66. The van der Waals surface area contributed by atoms with Crippen LogP contribution in [0.15, 0.2) is 23.1 Å². The molecule has 1 aromatic carbocycles. The maximum atomic E-state index is 10.4. The van der Waals surface area contributed by atoms with Crippen LogP contribution in [0.25, 0.3) is 0 Å². The van der Waals surface area contributed by atoms with Crippen LogP contribution >= 0.6 is 11.8 Å². The first-order valence-electron chi connectivity index (χ1n) is 4.74. The Morgan fingerprint density at radius 1 is 1.38 bits per heavy atom. The lowest BCUT2D eigenvalue weighted by atomic mass is 10.3. The van der Waals surface area contributed by atoms with Crippen molar-refractivity contribution in [2.45, 2.75) is 11.3 Å². The number of hydrogen-bond donors (Lipinski definition) is 1. The Balaban J connectivity index is 2.68. The number of hydrogen-bond acceptors (Lipinski definition) is 4. The SMILES string of the molecule is COc1ccc(SCCC(=O)O)c(OC)c1. The summed E-state index contributed by atoms with van der Waals surface area (Å²) in [5.74, 6) is 1.16. The van der Waals surface area contributed by atoms with Gasteiger partial charge in [-0.3, -0.25) is 4.79 Å². The molecule has 0 aliphatic rings. The van der Waals surface area contributed by atoms with Gasteiger partial charge in [-0.15, -0.1) is 11.8 Å². The standard InChI is InChI=1S/C11H14O4S/c1-14-8-3-4-10(9(7-8)15-2)16-6-5-11(12)13/h3-4,7H,5-6H2,1-2H3,(H,12,13). The van der Waals surface area contributed by atoms with Gasteiger partial charge >= 0.3 is 5.97 Å². The van der Waals surface area contributed by atoms with Crippen molar-refractivity contribution in [3.63, 3.8) is 0 Å². The van der Waals surface area contributed by atoms with Crippen LogP contribution in [0.5, 0.6) is 11.5 Å². The number of carboxylic acids is 1. The average molecular weight is 242 g/mol. The van der Waals surface area contributed by atoms with Gasteiger partial charge in [0.25, 0.3) is 0 Å². The molecular weight excluding hydrogens is 228 g/mol. The second kappa shape index (κ2) is 6.27. The molecule has 0 aliphatic carbocycles. The van der Waals surface area contributed by atoms with Gasteiger partial charge in [0.1, 0.15) is 11.5 Å². The molecule has 0 amide bonds. The van der Waals surface area contributed by atoms with E-state index in [1.165, 1.54) is 11.8 Å². The van der Waals surface area contributed by atoms with Crippen molar-refractivity contribution in [1.82, 2.24) is 0 Å². The number of carbonyl (C=O) groups is 1. The molecule has 0 fully saturated rings. The summed E-state index contributed by atoms with van der Waals surface area (Å²) in [6, 6.07) is 5.47. The van der Waals surface area contributed by atoms with Gasteiger partial charge in [-0.25, -0.2) is 0 Å². The maximum absolute atomic E-state index is 10.4. The summed E-state index contributed by atoms with van der Waals surface area (Å²) in [7, 11) is 3.17. The lowest BCUT2D eigenvalue weighted by Crippen LogP contribution is -1.96. The summed E-state index contributed by atoms with van der Waals surface area (Å²) in [5.41, 5.74) is 0. The Hall–Kier alpha value is -1.36. The highest BCUT2D eigenvalue weighted by molar-refractivity contribution is 7.99. The lowest BCUT2D eigenvalue weighted by Gasteiger charge is -2.09. The van der Waals surface area contributed by atoms with Crippen LogP contribution in [0, 0.1) is 0 Å². The molecule has 0 atom stereocenters. The van der Waals surface area contributed by atoms with E-state index < -0.39 is 5.97 Å². The zero-order chi connectivity index (χ0) is 12.0. The number of carboxylic acid groups (broad SMARTS) is 1. The molecule has 88 valence electrons. The van der Waals surface area contributed by atoms with Crippen molar-refractivity contribution >= 4 is 17.7 Å². The fraction of sp³-hybridized carbons (Fsp3) is 0.364. The summed E-state index contributed by atoms with van der Waals surface area (Å²) in [4.78, 5) is 11.3. The Labute approximate surface area is 98.6 Å². The molecule has 1 aromatic rings. The molecule has 4 nitrogen and oxygen atoms in total. The van der Waals surface area contributed by atoms with Gasteiger partial charge in [0.05, 0.1) is 20.6 Å². The minimum absolute atomic E-state index is 0.139. The first-order chi connectivity index (χ1) is 7.67. The van der Waals surface area contributed by atoms with Crippen LogP contribution < -0.4 is 9.47 Å². The van der Waals surface area contributed by atoms with Gasteiger partial charge < -0.3 is 14.6 Å². The zero-order valence-electron chi connectivity index (χ0n) is 9.23. The first-order valence-corrected chi connectivity index (χ1v) is 5.72. The van der Waals surface area contributed by atoms with Crippen molar-refractivity contribution in [2.75, 3.05) is 20.0 Å². The van der Waals surface area contributed by atoms with Crippen LogP contribution in [0.3, 0.4) is 0 Å². The minimum atomic E-state index is -0.792. The molecule has 1 rings (SSSR count). The molecule has 5 heteroatoms. The second-order valence-electron chi connectivity index (χ2n) is 3.01. The summed E-state index contributed by atoms with van der Waals surface area (Å²) in [6.45, 7) is 0. The lowest BCUT2D eigenvalue weighted by molar-refractivity contribution is -0.136. The molecule has 0 bridgehead atoms. The van der Waals surface area contributed by atoms with Crippen molar-refractivity contribution in [2.24, 2.45) is 0 Å². The number of aliphatic carboxylic acids is 1. The van der Waals surface area contributed by atoms with E-state index in [0.717, 1.165) is 10.6 Å². The predicted octanol–water partition coefficient (Wildman–Crippen LogP) is 2.27. The highest BCUT2D eigenvalue weighted by Gasteiger charge is 2.06. The zero-order valence-corrected chi connectivity index (χ0v) is 10.0. The fourth-order valence-corrected chi connectivity index (χ4v) is 2.09. The summed E-state index contributed by atoms with van der Waals surface area (Å²) in [6.07, 6.45) is 0.139. The fourth-order valence-electron chi connectivity index (χ4n) is 1.14. The molecule has 0 spiro atoms. The van der Waals surface area contributed by atoms with E-state index >= 15 is 0 Å². The molecule has 0 aromatic heterocycles. The first kappa shape index (κ1) is 12.7. The summed E-state index contributed by atoms with van der Waals surface area (Å²) < 4.78 is 10.3. The number of thioether (sulfide) groups is 1. The largest absolute Gasteiger partial charge is 0.497 e. The van der Waals surface area contributed by atoms with E-state index in [-0.39, 0.29) is 6.42 Å². The van der Waals surface area contributed by atoms with Crippen LogP contribution in [-0.4, -0.2) is 31.0 Å². The van der Waals surface area contributed by atoms with E-state index in [2.05, 4.69) is 0 Å². The maximum Gasteiger partial charge on any atom is 0.304 e. The molecule has 0 unspecified atom stereocenters. The Morgan fingerprint density at radius 3 is 2.69 bits per heavy atom. The van der Waals surface area contributed by atoms with Crippen LogP contribution in [0.1, 0.15) is 6.42 Å². The Kier molecular flexibility index (Phi) is 4.98. The van der Waals surface area contributed by atoms with E-state index in [0.29, 0.717) is 11.5 Å². The minimum Gasteiger partial charge on any atom is -0.497 e. The number of benzene rings is 1. The average Bonchev–Trinajstić information content (AvgIpc) is 2.29. The molecule has 0 radical (unpaired) electrons. The number of rotatable bonds is 6. The predicted molar refractivity (Wildman–Crippen MR) is 62.5 cm³/mol. The third-order valence-corrected chi connectivity index (χ3v) is 3.00. The molecule has 0 saturated carbocycles. The number of methoxy groups -OCH3 is 2. The molecular formula is C11H14O4S. The van der Waals surface area contributed by atoms with E-state index in [9.17, 15) is 4.79 Å². The molecule has 16 heavy (non-hydrogen) atoms. The second-order valence-corrected chi connectivity index (χ2v) is 4.15. The monoisotopic (exact) mass is 242 g/mol. The van der Waals surface area contributed by atoms with Gasteiger partial charge in [-0.1, -0.05) is 0 Å². The van der Waals surface area contributed by atoms with Crippen LogP contribution in [-0.2, 0) is 4.79 Å². The summed E-state index contributed by atoms with van der Waals surface area (Å²) in [5, 5.41) is 8.54. The van der Waals surface area contributed by atoms with Crippen molar-refractivity contribution in [3.8, 4) is 11.5 Å². The van der Waals surface area contributed by atoms with Crippen molar-refractivity contribution in [3.05, 3.63) is 18.2 Å². The van der Waals surface area contributed by atoms with Gasteiger partial charge in [0.2, 0.25) is 0 Å². The molecule has 0 saturated heterocycles. The Bertz CT molecular complexity index is 365. The molecule has 0 aliphatic heterocycles. The quantitative estimate of drug-likeness (QED) is 0.775. The smallest absolute Gasteiger partial charge is 0.304 e. The van der Waals surface area contributed by atoms with E-state index in [1.807, 2.05) is 12.1 Å². The Morgan fingerprint density at radius 2 is 2.12 bits per heavy atom. The van der Waals surface area contributed by atoms with E-state index in [1.54, 1.807) is 20.3 Å². The van der Waals surface area contributed by atoms with E-state index in [4.69, 9.17) is 14.6 Å². The topological polar surface area (TPSA) is 55.8 Å². The highest BCUT2D eigenvalue weighted by atomic mass is 32.2. The van der Waals surface area contributed by atoms with Gasteiger partial charge in [0.15, 0.2) is 0 Å². The normalized spacial score (nSPS) is 9.88. The number of ether oxygens (including phenoxy) is 2. The molecule has 0 heterocycles. The van der Waals surface area contributed by atoms with Gasteiger partial charge in [-0.05, 0) is 12.1 Å². The third-order valence-electron chi connectivity index (χ3n) is 1.94. The van der Waals surface area contributed by atoms with Crippen LogP contribution in [0.2, 0.25) is 0 Å². The highest BCUT2D eigenvalue weighted by Crippen LogP contribution is 2.32. The molecule has 1 N–H and O–H groups in total.